The predicted octanol–water partition coefficient (Wildman–Crippen LogP) is 3.78. The molecule has 3 heteroatoms. The zero-order valence-electron chi connectivity index (χ0n) is 13.6. The summed E-state index contributed by atoms with van der Waals surface area (Å²) in [6, 6.07) is 8.10. The van der Waals surface area contributed by atoms with Gasteiger partial charge in [0.05, 0.1) is 6.54 Å². The normalized spacial score (nSPS) is 22.1. The molecule has 0 amide bonds. The Hall–Kier alpha value is -1.61. The third-order valence-electron chi connectivity index (χ3n) is 5.05. The largest absolute Gasteiger partial charge is 0.350 e. The van der Waals surface area contributed by atoms with Gasteiger partial charge < -0.3 is 9.88 Å². The fourth-order valence-corrected chi connectivity index (χ4v) is 3.58. The van der Waals surface area contributed by atoms with E-state index in [9.17, 15) is 4.79 Å². The lowest BCUT2D eigenvalue weighted by atomic mass is 9.83. The quantitative estimate of drug-likeness (QED) is 0.852. The van der Waals surface area contributed by atoms with Crippen LogP contribution in [0.1, 0.15) is 43.0 Å². The number of aromatic nitrogens is 1. The molecule has 3 nitrogen and oxygen atoms in total. The molecule has 1 aromatic carbocycles. The molecule has 1 N–H and O–H groups in total. The lowest BCUT2D eigenvalue weighted by molar-refractivity contribution is 0.0990. The van der Waals surface area contributed by atoms with Crippen LogP contribution in [0.5, 0.6) is 0 Å². The van der Waals surface area contributed by atoms with Crippen LogP contribution >= 0.6 is 0 Å². The lowest BCUT2D eigenvalue weighted by Gasteiger charge is -2.26. The van der Waals surface area contributed by atoms with Gasteiger partial charge in [-0.2, -0.15) is 0 Å². The highest BCUT2D eigenvalue weighted by molar-refractivity contribution is 6.09. The number of rotatable bonds is 5. The van der Waals surface area contributed by atoms with E-state index < -0.39 is 0 Å². The molecule has 0 unspecified atom stereocenters. The number of nitrogens with zero attached hydrogens (tertiary/aromatic N) is 1. The number of carbonyl (C=O) groups excluding carboxylic acids is 1. The summed E-state index contributed by atoms with van der Waals surface area (Å²) in [4.78, 5) is 12.5. The number of hydrogen-bond donors (Lipinski definition) is 1. The van der Waals surface area contributed by atoms with Crippen LogP contribution in [0, 0.1) is 11.8 Å². The van der Waals surface area contributed by atoms with Gasteiger partial charge in [-0.3, -0.25) is 4.79 Å². The molecule has 22 heavy (non-hydrogen) atoms. The van der Waals surface area contributed by atoms with Crippen molar-refractivity contribution in [2.75, 3.05) is 13.1 Å². The first-order valence-electron chi connectivity index (χ1n) is 8.43. The summed E-state index contributed by atoms with van der Waals surface area (Å²) >= 11 is 0. The molecule has 3 rings (SSSR count). The Balaban J connectivity index is 1.57. The molecule has 0 radical (unpaired) electrons. The monoisotopic (exact) mass is 298 g/mol. The van der Waals surface area contributed by atoms with Crippen molar-refractivity contribution in [3.63, 3.8) is 0 Å². The van der Waals surface area contributed by atoms with Crippen molar-refractivity contribution in [2.24, 2.45) is 18.9 Å². The maximum Gasteiger partial charge on any atom is 0.178 e. The van der Waals surface area contributed by atoms with Crippen LogP contribution in [-0.4, -0.2) is 23.4 Å². The zero-order chi connectivity index (χ0) is 15.5. The highest BCUT2D eigenvalue weighted by Crippen LogP contribution is 2.27. The van der Waals surface area contributed by atoms with Crippen LogP contribution in [0.2, 0.25) is 0 Å². The van der Waals surface area contributed by atoms with Gasteiger partial charge >= 0.3 is 0 Å². The van der Waals surface area contributed by atoms with Gasteiger partial charge in [0.25, 0.3) is 0 Å². The molecule has 0 atom stereocenters. The van der Waals surface area contributed by atoms with Crippen molar-refractivity contribution in [3.8, 4) is 0 Å². The Morgan fingerprint density at radius 2 is 1.95 bits per heavy atom. The van der Waals surface area contributed by atoms with E-state index in [0.29, 0.717) is 6.54 Å². The van der Waals surface area contributed by atoms with E-state index >= 15 is 0 Å². The predicted molar refractivity (Wildman–Crippen MR) is 91.2 cm³/mol. The molecule has 1 aliphatic rings. The second kappa shape index (κ2) is 6.66. The number of Topliss-reactive ketones (excluding diaryl/α,β-unsaturated/α-hetero) is 1. The van der Waals surface area contributed by atoms with Crippen LogP contribution in [0.15, 0.2) is 30.5 Å². The average molecular weight is 298 g/mol. The van der Waals surface area contributed by atoms with Crippen LogP contribution in [0.3, 0.4) is 0 Å². The number of benzene rings is 1. The zero-order valence-corrected chi connectivity index (χ0v) is 13.6. The molecule has 0 spiro atoms. The Kier molecular flexibility index (Phi) is 4.63. The molecule has 118 valence electrons. The summed E-state index contributed by atoms with van der Waals surface area (Å²) < 4.78 is 2.03. The fraction of sp³-hybridized carbons (Fsp3) is 0.526. The minimum absolute atomic E-state index is 0.195. The second-order valence-electron chi connectivity index (χ2n) is 6.85. The number of aryl methyl sites for hydroxylation is 1. The molecule has 0 saturated heterocycles. The summed E-state index contributed by atoms with van der Waals surface area (Å²) in [7, 11) is 2.00. The minimum Gasteiger partial charge on any atom is -0.350 e. The van der Waals surface area contributed by atoms with Crippen LogP contribution in [0.25, 0.3) is 10.9 Å². The number of hydrogen-bond acceptors (Lipinski definition) is 2. The van der Waals surface area contributed by atoms with E-state index in [1.165, 1.54) is 25.7 Å². The first-order valence-corrected chi connectivity index (χ1v) is 8.43. The van der Waals surface area contributed by atoms with Crippen molar-refractivity contribution < 1.29 is 4.79 Å². The molecular formula is C19H26N2O. The Labute approximate surface area is 132 Å². The van der Waals surface area contributed by atoms with Crippen molar-refractivity contribution in [3.05, 3.63) is 36.0 Å². The molecule has 1 fully saturated rings. The smallest absolute Gasteiger partial charge is 0.178 e. The summed E-state index contributed by atoms with van der Waals surface area (Å²) in [5, 5.41) is 4.44. The van der Waals surface area contributed by atoms with Gasteiger partial charge in [0.1, 0.15) is 0 Å². The van der Waals surface area contributed by atoms with Crippen LogP contribution < -0.4 is 5.32 Å². The Morgan fingerprint density at radius 1 is 1.23 bits per heavy atom. The van der Waals surface area contributed by atoms with E-state index in [4.69, 9.17) is 0 Å². The number of para-hydroxylation sites is 1. The van der Waals surface area contributed by atoms with Crippen molar-refractivity contribution in [2.45, 2.75) is 32.6 Å². The van der Waals surface area contributed by atoms with E-state index in [-0.39, 0.29) is 5.78 Å². The molecular weight excluding hydrogens is 272 g/mol. The molecule has 0 aliphatic heterocycles. The molecule has 1 saturated carbocycles. The van der Waals surface area contributed by atoms with Gasteiger partial charge in [0, 0.05) is 29.7 Å². The maximum atomic E-state index is 12.5. The van der Waals surface area contributed by atoms with Crippen molar-refractivity contribution in [1.29, 1.82) is 0 Å². The summed E-state index contributed by atoms with van der Waals surface area (Å²) in [6.45, 7) is 3.76. The molecule has 1 aliphatic carbocycles. The van der Waals surface area contributed by atoms with Gasteiger partial charge in [-0.15, -0.1) is 0 Å². The topological polar surface area (TPSA) is 34.0 Å². The van der Waals surface area contributed by atoms with E-state index in [1.54, 1.807) is 0 Å². The van der Waals surface area contributed by atoms with E-state index in [0.717, 1.165) is 34.8 Å². The minimum atomic E-state index is 0.195. The Morgan fingerprint density at radius 3 is 2.73 bits per heavy atom. The highest BCUT2D eigenvalue weighted by Gasteiger charge is 2.18. The van der Waals surface area contributed by atoms with Crippen molar-refractivity contribution >= 4 is 16.7 Å². The van der Waals surface area contributed by atoms with Gasteiger partial charge in [-0.25, -0.2) is 0 Å². The number of ketones is 1. The summed E-state index contributed by atoms with van der Waals surface area (Å²) in [5.41, 5.74) is 1.95. The van der Waals surface area contributed by atoms with Gasteiger partial charge in [0.15, 0.2) is 5.78 Å². The van der Waals surface area contributed by atoms with E-state index in [1.807, 2.05) is 36.0 Å². The number of carbonyl (C=O) groups is 1. The van der Waals surface area contributed by atoms with Gasteiger partial charge in [-0.1, -0.05) is 38.0 Å². The average Bonchev–Trinajstić information content (AvgIpc) is 2.87. The molecule has 1 aromatic heterocycles. The molecule has 0 bridgehead atoms. The standard InChI is InChI=1S/C19H26N2O/c1-14-7-9-15(10-8-14)11-20-12-19(22)17-13-21(2)18-6-4-3-5-16(17)18/h3-6,13-15,20H,7-12H2,1-2H3. The van der Waals surface area contributed by atoms with E-state index in [2.05, 4.69) is 18.3 Å². The highest BCUT2D eigenvalue weighted by atomic mass is 16.1. The van der Waals surface area contributed by atoms with Crippen LogP contribution in [-0.2, 0) is 7.05 Å². The molecule has 1 heterocycles. The lowest BCUT2D eigenvalue weighted by Crippen LogP contribution is -2.30. The van der Waals surface area contributed by atoms with Gasteiger partial charge in [-0.05, 0) is 37.3 Å². The van der Waals surface area contributed by atoms with Crippen LogP contribution in [0.4, 0.5) is 0 Å². The van der Waals surface area contributed by atoms with Gasteiger partial charge in [0.2, 0.25) is 0 Å². The SMILES string of the molecule is CC1CCC(CNCC(=O)c2cn(C)c3ccccc23)CC1. The molecule has 2 aromatic rings. The first kappa shape index (κ1) is 15.3. The Bertz CT molecular complexity index is 650. The fourth-order valence-electron chi connectivity index (χ4n) is 3.58. The third-order valence-corrected chi connectivity index (χ3v) is 5.05. The summed E-state index contributed by atoms with van der Waals surface area (Å²) in [5.74, 6) is 1.83. The number of nitrogens with one attached hydrogen (secondary N) is 1. The summed E-state index contributed by atoms with van der Waals surface area (Å²) in [6.07, 6.45) is 7.23. The first-order chi connectivity index (χ1) is 10.6. The maximum absolute atomic E-state index is 12.5. The second-order valence-corrected chi connectivity index (χ2v) is 6.85. The number of fused-ring (bicyclic) bond motifs is 1. The third kappa shape index (κ3) is 3.25. The van der Waals surface area contributed by atoms with Crippen molar-refractivity contribution in [1.82, 2.24) is 9.88 Å².